The molecule has 6 nitrogen and oxygen atoms in total. The minimum atomic E-state index is -0.265. The molecule has 2 aromatic rings. The number of likely N-dealkylation sites (tertiary alicyclic amines) is 1. The molecule has 1 N–H and O–H groups in total. The van der Waals surface area contributed by atoms with Crippen LogP contribution in [-0.4, -0.2) is 47.9 Å². The molecule has 1 saturated heterocycles. The number of amides is 2. The fourth-order valence-electron chi connectivity index (χ4n) is 3.69. The van der Waals surface area contributed by atoms with Crippen LogP contribution < -0.4 is 10.2 Å². The Balaban J connectivity index is 1.68. The van der Waals surface area contributed by atoms with E-state index in [-0.39, 0.29) is 11.8 Å². The SMILES string of the molecule is CCN(CC)c1ccc(NC(=O)c2cncc(C(=O)N3CCCCCC3)c2)cc1. The highest BCUT2D eigenvalue weighted by molar-refractivity contribution is 6.05. The lowest BCUT2D eigenvalue weighted by Gasteiger charge is -2.21. The Kier molecular flexibility index (Phi) is 7.22. The lowest BCUT2D eigenvalue weighted by Crippen LogP contribution is -2.32. The molecule has 3 rings (SSSR count). The summed E-state index contributed by atoms with van der Waals surface area (Å²) in [6, 6.07) is 9.43. The van der Waals surface area contributed by atoms with Crippen LogP contribution in [0.15, 0.2) is 42.7 Å². The van der Waals surface area contributed by atoms with Crippen molar-refractivity contribution >= 4 is 23.2 Å². The van der Waals surface area contributed by atoms with Gasteiger partial charge in [0.2, 0.25) is 0 Å². The van der Waals surface area contributed by atoms with Gasteiger partial charge in [0.1, 0.15) is 0 Å². The van der Waals surface area contributed by atoms with Crippen molar-refractivity contribution in [2.45, 2.75) is 39.5 Å². The lowest BCUT2D eigenvalue weighted by atomic mass is 10.1. The Morgan fingerprint density at radius 1 is 0.966 bits per heavy atom. The first kappa shape index (κ1) is 20.8. The van der Waals surface area contributed by atoms with Crippen molar-refractivity contribution in [2.24, 2.45) is 0 Å². The predicted octanol–water partition coefficient (Wildman–Crippen LogP) is 4.20. The van der Waals surface area contributed by atoms with E-state index in [2.05, 4.69) is 29.0 Å². The van der Waals surface area contributed by atoms with Crippen molar-refractivity contribution in [3.8, 4) is 0 Å². The molecular weight excluding hydrogens is 364 g/mol. The van der Waals surface area contributed by atoms with E-state index in [1.54, 1.807) is 12.3 Å². The summed E-state index contributed by atoms with van der Waals surface area (Å²) in [6.45, 7) is 7.65. The molecule has 2 heterocycles. The summed E-state index contributed by atoms with van der Waals surface area (Å²) in [6.07, 6.45) is 7.43. The first-order chi connectivity index (χ1) is 14.1. The van der Waals surface area contributed by atoms with Crippen LogP contribution in [0, 0.1) is 0 Å². The van der Waals surface area contributed by atoms with E-state index in [0.717, 1.165) is 63.2 Å². The Morgan fingerprint density at radius 3 is 2.21 bits per heavy atom. The van der Waals surface area contributed by atoms with Gasteiger partial charge in [-0.05, 0) is 57.0 Å². The van der Waals surface area contributed by atoms with E-state index in [1.165, 1.54) is 6.20 Å². The average Bonchev–Trinajstić information content (AvgIpc) is 3.05. The van der Waals surface area contributed by atoms with Crippen molar-refractivity contribution in [3.63, 3.8) is 0 Å². The predicted molar refractivity (Wildman–Crippen MR) is 117 cm³/mol. The summed E-state index contributed by atoms with van der Waals surface area (Å²) in [4.78, 5) is 33.7. The number of pyridine rings is 1. The third-order valence-corrected chi connectivity index (χ3v) is 5.39. The quantitative estimate of drug-likeness (QED) is 0.798. The van der Waals surface area contributed by atoms with Crippen LogP contribution in [0.3, 0.4) is 0 Å². The second-order valence-corrected chi connectivity index (χ2v) is 7.34. The van der Waals surface area contributed by atoms with Gasteiger partial charge in [-0.25, -0.2) is 0 Å². The number of rotatable bonds is 6. The van der Waals surface area contributed by atoms with Crippen LogP contribution in [0.25, 0.3) is 0 Å². The summed E-state index contributed by atoms with van der Waals surface area (Å²) in [5.41, 5.74) is 2.70. The molecular formula is C23H30N4O2. The number of carbonyl (C=O) groups is 2. The van der Waals surface area contributed by atoms with E-state index in [0.29, 0.717) is 11.1 Å². The zero-order valence-corrected chi connectivity index (χ0v) is 17.4. The average molecular weight is 395 g/mol. The summed E-state index contributed by atoms with van der Waals surface area (Å²) < 4.78 is 0. The van der Waals surface area contributed by atoms with Crippen molar-refractivity contribution in [1.29, 1.82) is 0 Å². The normalized spacial score (nSPS) is 14.2. The molecule has 0 spiro atoms. The maximum absolute atomic E-state index is 12.8. The van der Waals surface area contributed by atoms with E-state index in [4.69, 9.17) is 0 Å². The van der Waals surface area contributed by atoms with Crippen LogP contribution in [0.5, 0.6) is 0 Å². The van der Waals surface area contributed by atoms with Gasteiger partial charge in [-0.2, -0.15) is 0 Å². The van der Waals surface area contributed by atoms with Gasteiger partial charge in [0.05, 0.1) is 11.1 Å². The van der Waals surface area contributed by atoms with Crippen LogP contribution in [0.4, 0.5) is 11.4 Å². The van der Waals surface area contributed by atoms with Crippen LogP contribution >= 0.6 is 0 Å². The fraction of sp³-hybridized carbons (Fsp3) is 0.435. The number of carbonyl (C=O) groups excluding carboxylic acids is 2. The smallest absolute Gasteiger partial charge is 0.257 e. The molecule has 0 bridgehead atoms. The minimum Gasteiger partial charge on any atom is -0.372 e. The molecule has 1 aromatic carbocycles. The second kappa shape index (κ2) is 10.0. The Labute approximate surface area is 172 Å². The Hall–Kier alpha value is -2.89. The van der Waals surface area contributed by atoms with E-state index in [9.17, 15) is 9.59 Å². The van der Waals surface area contributed by atoms with Gasteiger partial charge in [-0.1, -0.05) is 12.8 Å². The van der Waals surface area contributed by atoms with E-state index < -0.39 is 0 Å². The molecule has 0 saturated carbocycles. The largest absolute Gasteiger partial charge is 0.372 e. The summed E-state index contributed by atoms with van der Waals surface area (Å²) in [5.74, 6) is -0.309. The highest BCUT2D eigenvalue weighted by Gasteiger charge is 2.19. The highest BCUT2D eigenvalue weighted by atomic mass is 16.2. The first-order valence-corrected chi connectivity index (χ1v) is 10.5. The van der Waals surface area contributed by atoms with Crippen LogP contribution in [-0.2, 0) is 0 Å². The number of nitrogens with zero attached hydrogens (tertiary/aromatic N) is 3. The maximum Gasteiger partial charge on any atom is 0.257 e. The van der Waals surface area contributed by atoms with Crippen molar-refractivity contribution in [2.75, 3.05) is 36.4 Å². The zero-order valence-electron chi connectivity index (χ0n) is 17.4. The van der Waals surface area contributed by atoms with Gasteiger partial charge in [-0.15, -0.1) is 0 Å². The van der Waals surface area contributed by atoms with E-state index in [1.807, 2.05) is 29.2 Å². The molecule has 6 heteroatoms. The monoisotopic (exact) mass is 394 g/mol. The number of anilines is 2. The van der Waals surface area contributed by atoms with Crippen LogP contribution in [0.2, 0.25) is 0 Å². The first-order valence-electron chi connectivity index (χ1n) is 10.5. The molecule has 0 radical (unpaired) electrons. The van der Waals surface area contributed by atoms with Gasteiger partial charge in [0.15, 0.2) is 0 Å². The molecule has 1 fully saturated rings. The second-order valence-electron chi connectivity index (χ2n) is 7.34. The molecule has 0 aliphatic carbocycles. The summed E-state index contributed by atoms with van der Waals surface area (Å²) in [5, 5.41) is 2.89. The molecule has 29 heavy (non-hydrogen) atoms. The van der Waals surface area contributed by atoms with Crippen LogP contribution in [0.1, 0.15) is 60.2 Å². The highest BCUT2D eigenvalue weighted by Crippen LogP contribution is 2.19. The van der Waals surface area contributed by atoms with Gasteiger partial charge >= 0.3 is 0 Å². The summed E-state index contributed by atoms with van der Waals surface area (Å²) in [7, 11) is 0. The molecule has 2 amide bonds. The standard InChI is InChI=1S/C23H30N4O2/c1-3-26(4-2)21-11-9-20(10-12-21)25-22(28)18-15-19(17-24-16-18)23(29)27-13-7-5-6-8-14-27/h9-12,15-17H,3-8,13-14H2,1-2H3,(H,25,28). The lowest BCUT2D eigenvalue weighted by molar-refractivity contribution is 0.0761. The third kappa shape index (κ3) is 5.34. The number of hydrogen-bond acceptors (Lipinski definition) is 4. The minimum absolute atomic E-state index is 0.0439. The Morgan fingerprint density at radius 2 is 1.59 bits per heavy atom. The fourth-order valence-corrected chi connectivity index (χ4v) is 3.69. The molecule has 1 aromatic heterocycles. The molecule has 0 unspecified atom stereocenters. The maximum atomic E-state index is 12.8. The van der Waals surface area contributed by atoms with E-state index >= 15 is 0 Å². The number of benzene rings is 1. The molecule has 1 aliphatic heterocycles. The van der Waals surface area contributed by atoms with Gasteiger partial charge in [-0.3, -0.25) is 14.6 Å². The van der Waals surface area contributed by atoms with Gasteiger partial charge in [0, 0.05) is 49.9 Å². The van der Waals surface area contributed by atoms with Crippen molar-refractivity contribution in [1.82, 2.24) is 9.88 Å². The van der Waals surface area contributed by atoms with Crippen molar-refractivity contribution < 1.29 is 9.59 Å². The number of nitrogens with one attached hydrogen (secondary N) is 1. The van der Waals surface area contributed by atoms with Crippen molar-refractivity contribution in [3.05, 3.63) is 53.9 Å². The summed E-state index contributed by atoms with van der Waals surface area (Å²) >= 11 is 0. The zero-order chi connectivity index (χ0) is 20.6. The molecule has 0 atom stereocenters. The third-order valence-electron chi connectivity index (χ3n) is 5.39. The van der Waals surface area contributed by atoms with Gasteiger partial charge < -0.3 is 15.1 Å². The topological polar surface area (TPSA) is 65.5 Å². The Bertz CT molecular complexity index is 823. The number of hydrogen-bond donors (Lipinski definition) is 1. The molecule has 1 aliphatic rings. The van der Waals surface area contributed by atoms with Gasteiger partial charge in [0.25, 0.3) is 11.8 Å². The molecule has 154 valence electrons. The number of aromatic nitrogens is 1.